The van der Waals surface area contributed by atoms with Gasteiger partial charge in [-0.1, -0.05) is 13.8 Å². The van der Waals surface area contributed by atoms with E-state index in [1.54, 1.807) is 0 Å². The number of carbonyl (C=O) groups is 1. The molecule has 78 valence electrons. The minimum absolute atomic E-state index is 0.177. The summed E-state index contributed by atoms with van der Waals surface area (Å²) in [5, 5.41) is 19.9. The minimum Gasteiger partial charge on any atom is -0.368 e. The van der Waals surface area contributed by atoms with E-state index in [1.165, 1.54) is 0 Å². The molecule has 0 rings (SSSR count). The van der Waals surface area contributed by atoms with Crippen LogP contribution >= 0.6 is 12.6 Å². The van der Waals surface area contributed by atoms with E-state index in [9.17, 15) is 4.79 Å². The Morgan fingerprint density at radius 2 is 1.92 bits per heavy atom. The molecule has 0 unspecified atom stereocenters. The number of hydrogen-bond donors (Lipinski definition) is 4. The van der Waals surface area contributed by atoms with Crippen LogP contribution in [0.25, 0.3) is 0 Å². The Morgan fingerprint density at radius 3 is 2.23 bits per heavy atom. The van der Waals surface area contributed by atoms with E-state index in [1.807, 2.05) is 13.8 Å². The Morgan fingerprint density at radius 1 is 1.38 bits per heavy atom. The fourth-order valence-corrected chi connectivity index (χ4v) is 1.20. The Hall–Kier alpha value is -0.100. The Bertz CT molecular complexity index is 161. The largest absolute Gasteiger partial charge is 0.368 e. The highest BCUT2D eigenvalue weighted by molar-refractivity contribution is 7.96. The molecule has 1 atom stereocenters. The molecule has 0 aromatic carbocycles. The summed E-state index contributed by atoms with van der Waals surface area (Å²) >= 11 is 3.71. The predicted molar refractivity (Wildman–Crippen MR) is 53.5 cm³/mol. The van der Waals surface area contributed by atoms with Gasteiger partial charge in [-0.05, 0) is 12.8 Å². The van der Waals surface area contributed by atoms with Crippen LogP contribution in [0.15, 0.2) is 0 Å². The summed E-state index contributed by atoms with van der Waals surface area (Å²) in [5.74, 6) is 0. The van der Waals surface area contributed by atoms with Crippen LogP contribution < -0.4 is 5.32 Å². The van der Waals surface area contributed by atoms with Crippen LogP contribution in [0.1, 0.15) is 26.7 Å². The number of aliphatic hydroxyl groups is 2. The molecule has 4 nitrogen and oxygen atoms in total. The van der Waals surface area contributed by atoms with E-state index >= 15 is 0 Å². The molecule has 13 heavy (non-hydrogen) atoms. The van der Waals surface area contributed by atoms with Crippen LogP contribution in [0.5, 0.6) is 0 Å². The molecule has 0 aliphatic carbocycles. The second-order valence-electron chi connectivity index (χ2n) is 3.27. The lowest BCUT2D eigenvalue weighted by atomic mass is 10.1. The second kappa shape index (κ2) is 6.37. The monoisotopic (exact) mass is 207 g/mol. The standard InChI is InChI=1S/C8H17NO3S/c1-5(2)9-6(8(12)13)3-4-7(10)11/h5-7,9-11H,3-4H2,1-2H3,(H,12,13)/t6-/m1/s1. The van der Waals surface area contributed by atoms with E-state index in [0.29, 0.717) is 6.42 Å². The molecule has 0 aliphatic heterocycles. The molecule has 3 N–H and O–H groups in total. The zero-order valence-electron chi connectivity index (χ0n) is 7.90. The fraction of sp³-hybridized carbons (Fsp3) is 0.875. The maximum absolute atomic E-state index is 10.9. The zero-order valence-corrected chi connectivity index (χ0v) is 8.79. The number of carbonyl (C=O) groups excluding carboxylic acids is 1. The van der Waals surface area contributed by atoms with Crippen molar-refractivity contribution in [3.63, 3.8) is 0 Å². The van der Waals surface area contributed by atoms with Gasteiger partial charge < -0.3 is 15.5 Å². The van der Waals surface area contributed by atoms with Gasteiger partial charge in [0.25, 0.3) is 0 Å². The molecular formula is C8H17NO3S. The van der Waals surface area contributed by atoms with Crippen molar-refractivity contribution in [1.29, 1.82) is 0 Å². The van der Waals surface area contributed by atoms with Crippen molar-refractivity contribution in [3.05, 3.63) is 0 Å². The molecule has 0 aliphatic rings. The van der Waals surface area contributed by atoms with E-state index in [-0.39, 0.29) is 17.6 Å². The first kappa shape index (κ1) is 12.9. The van der Waals surface area contributed by atoms with Gasteiger partial charge in [0.15, 0.2) is 6.29 Å². The summed E-state index contributed by atoms with van der Waals surface area (Å²) in [7, 11) is 0. The third-order valence-corrected chi connectivity index (χ3v) is 1.86. The number of hydrogen-bond acceptors (Lipinski definition) is 4. The van der Waals surface area contributed by atoms with Gasteiger partial charge in [0, 0.05) is 6.04 Å². The molecule has 0 radical (unpaired) electrons. The van der Waals surface area contributed by atoms with E-state index in [2.05, 4.69) is 17.9 Å². The van der Waals surface area contributed by atoms with Gasteiger partial charge in [-0.15, -0.1) is 12.6 Å². The molecule has 0 spiro atoms. The lowest BCUT2D eigenvalue weighted by molar-refractivity contribution is -0.113. The predicted octanol–water partition coefficient (Wildman–Crippen LogP) is -0.0997. The van der Waals surface area contributed by atoms with Gasteiger partial charge in [0.2, 0.25) is 5.12 Å². The molecule has 0 fully saturated rings. The fourth-order valence-electron chi connectivity index (χ4n) is 0.996. The van der Waals surface area contributed by atoms with Crippen LogP contribution in [0.3, 0.4) is 0 Å². The van der Waals surface area contributed by atoms with Crippen molar-refractivity contribution in [2.75, 3.05) is 0 Å². The number of aliphatic hydroxyl groups excluding tert-OH is 1. The SMILES string of the molecule is CC(C)N[C@H](CCC(O)O)C(=O)S. The maximum atomic E-state index is 10.9. The Kier molecular flexibility index (Phi) is 6.32. The summed E-state index contributed by atoms with van der Waals surface area (Å²) in [6, 6.07) is -0.220. The topological polar surface area (TPSA) is 69.6 Å². The molecule has 0 aromatic rings. The highest BCUT2D eigenvalue weighted by Gasteiger charge is 2.16. The van der Waals surface area contributed by atoms with E-state index in [4.69, 9.17) is 10.2 Å². The van der Waals surface area contributed by atoms with Gasteiger partial charge in [-0.2, -0.15) is 0 Å². The van der Waals surface area contributed by atoms with E-state index in [0.717, 1.165) is 0 Å². The summed E-state index contributed by atoms with van der Waals surface area (Å²) < 4.78 is 0. The molecule has 0 amide bonds. The quantitative estimate of drug-likeness (QED) is 0.363. The highest BCUT2D eigenvalue weighted by atomic mass is 32.1. The second-order valence-corrected chi connectivity index (χ2v) is 3.71. The zero-order chi connectivity index (χ0) is 10.4. The third-order valence-electron chi connectivity index (χ3n) is 1.55. The maximum Gasteiger partial charge on any atom is 0.202 e. The highest BCUT2D eigenvalue weighted by Crippen LogP contribution is 2.04. The smallest absolute Gasteiger partial charge is 0.202 e. The molecule has 5 heteroatoms. The lowest BCUT2D eigenvalue weighted by Gasteiger charge is -2.18. The van der Waals surface area contributed by atoms with Crippen molar-refractivity contribution in [3.8, 4) is 0 Å². The van der Waals surface area contributed by atoms with Crippen molar-refractivity contribution < 1.29 is 15.0 Å². The van der Waals surface area contributed by atoms with Crippen LogP contribution in [-0.2, 0) is 4.79 Å². The number of nitrogens with one attached hydrogen (secondary N) is 1. The Labute approximate surface area is 83.7 Å². The van der Waals surface area contributed by atoms with Crippen molar-refractivity contribution in [1.82, 2.24) is 5.32 Å². The van der Waals surface area contributed by atoms with Crippen LogP contribution in [0.4, 0.5) is 0 Å². The van der Waals surface area contributed by atoms with Gasteiger partial charge in [0.05, 0.1) is 6.04 Å². The third kappa shape index (κ3) is 7.01. The summed E-state index contributed by atoms with van der Waals surface area (Å²) in [6.07, 6.45) is -0.793. The first-order chi connectivity index (χ1) is 5.93. The van der Waals surface area contributed by atoms with E-state index < -0.39 is 12.3 Å². The molecule has 0 aromatic heterocycles. The Balaban J connectivity index is 3.88. The summed E-state index contributed by atoms with van der Waals surface area (Å²) in [6.45, 7) is 3.83. The van der Waals surface area contributed by atoms with Crippen molar-refractivity contribution >= 4 is 17.7 Å². The first-order valence-corrected chi connectivity index (χ1v) is 4.73. The van der Waals surface area contributed by atoms with Crippen molar-refractivity contribution in [2.24, 2.45) is 0 Å². The van der Waals surface area contributed by atoms with Crippen LogP contribution in [0, 0.1) is 0 Å². The van der Waals surface area contributed by atoms with Gasteiger partial charge in [0.1, 0.15) is 0 Å². The lowest BCUT2D eigenvalue weighted by Crippen LogP contribution is -2.39. The van der Waals surface area contributed by atoms with Gasteiger partial charge >= 0.3 is 0 Å². The average molecular weight is 207 g/mol. The summed E-state index contributed by atoms with van der Waals surface area (Å²) in [4.78, 5) is 10.9. The van der Waals surface area contributed by atoms with Crippen LogP contribution in [-0.4, -0.2) is 33.7 Å². The molecule has 0 saturated heterocycles. The van der Waals surface area contributed by atoms with Gasteiger partial charge in [-0.3, -0.25) is 4.79 Å². The van der Waals surface area contributed by atoms with Gasteiger partial charge in [-0.25, -0.2) is 0 Å². The van der Waals surface area contributed by atoms with Crippen molar-refractivity contribution in [2.45, 2.75) is 45.1 Å². The molecule has 0 bridgehead atoms. The molecule has 0 saturated carbocycles. The molecular weight excluding hydrogens is 190 g/mol. The van der Waals surface area contributed by atoms with Crippen LogP contribution in [0.2, 0.25) is 0 Å². The first-order valence-electron chi connectivity index (χ1n) is 4.28. The number of rotatable bonds is 6. The normalized spacial score (nSPS) is 13.8. The number of thiol groups is 1. The molecule has 0 heterocycles. The minimum atomic E-state index is -1.36. The average Bonchev–Trinajstić information content (AvgIpc) is 1.96. The summed E-state index contributed by atoms with van der Waals surface area (Å²) in [5.41, 5.74) is 0.